The molecule has 8 heteroatoms. The second kappa shape index (κ2) is 13.3. The summed E-state index contributed by atoms with van der Waals surface area (Å²) in [6.07, 6.45) is 3.66. The predicted molar refractivity (Wildman–Crippen MR) is 141 cm³/mol. The van der Waals surface area contributed by atoms with Gasteiger partial charge >= 0.3 is 6.18 Å². The van der Waals surface area contributed by atoms with E-state index in [1.807, 2.05) is 12.1 Å². The SMILES string of the molecule is C/C(Cl)=C(\C)C(=O)N1CC=C(c2ccccc2F)CC1.C=C(C)/C(=C\C(=C/C)c1ccoc1)C(F)(F)F. The Hall–Kier alpha value is -3.32. The first-order chi connectivity index (χ1) is 17.4. The summed E-state index contributed by atoms with van der Waals surface area (Å²) in [5.74, 6) is -0.271. The summed E-state index contributed by atoms with van der Waals surface area (Å²) >= 11 is 5.85. The molecule has 2 aromatic rings. The van der Waals surface area contributed by atoms with E-state index in [0.29, 0.717) is 46.8 Å². The highest BCUT2D eigenvalue weighted by atomic mass is 35.5. The predicted octanol–water partition coefficient (Wildman–Crippen LogP) is 8.72. The van der Waals surface area contributed by atoms with Crippen LogP contribution in [-0.2, 0) is 4.79 Å². The van der Waals surface area contributed by atoms with E-state index in [4.69, 9.17) is 16.0 Å². The lowest BCUT2D eigenvalue weighted by atomic mass is 9.98. The number of hydrogen-bond acceptors (Lipinski definition) is 2. The molecule has 3 nitrogen and oxygen atoms in total. The lowest BCUT2D eigenvalue weighted by Gasteiger charge is -2.27. The van der Waals surface area contributed by atoms with Gasteiger partial charge in [-0.2, -0.15) is 13.2 Å². The fraction of sp³-hybridized carbons (Fsp3) is 0.276. The fourth-order valence-corrected chi connectivity index (χ4v) is 3.65. The van der Waals surface area contributed by atoms with Gasteiger partial charge in [0.1, 0.15) is 5.82 Å². The fourth-order valence-electron chi connectivity index (χ4n) is 3.57. The molecule has 0 spiro atoms. The molecule has 0 unspecified atom stereocenters. The average molecular weight is 536 g/mol. The Labute approximate surface area is 220 Å². The normalized spacial score (nSPS) is 15.4. The molecule has 1 aromatic carbocycles. The number of furan rings is 1. The summed E-state index contributed by atoms with van der Waals surface area (Å²) in [7, 11) is 0. The summed E-state index contributed by atoms with van der Waals surface area (Å²) in [5, 5.41) is 0.513. The third-order valence-corrected chi connectivity index (χ3v) is 6.07. The lowest BCUT2D eigenvalue weighted by Crippen LogP contribution is -2.35. The molecule has 0 radical (unpaired) electrons. The Bertz CT molecular complexity index is 1230. The number of alkyl halides is 3. The van der Waals surface area contributed by atoms with Crippen molar-refractivity contribution in [3.8, 4) is 0 Å². The standard InChI is InChI=1S/C16H17ClFNO.C13H13F3O/c1-11(12(2)17)16(20)19-9-7-13(8-10-19)14-5-3-4-6-15(14)18;1-4-10(11-5-6-17-8-11)7-12(9(2)3)13(14,15)16/h3-7H,8-10H2,1-2H3;4-8H,2H2,1,3H3/b12-11-;10-4+,12-7+. The van der Waals surface area contributed by atoms with Gasteiger partial charge in [-0.15, -0.1) is 0 Å². The molecule has 0 N–H and O–H groups in total. The Morgan fingerprint density at radius 2 is 1.84 bits per heavy atom. The number of nitrogens with zero attached hydrogens (tertiary/aromatic N) is 1. The number of carbonyl (C=O) groups excluding carboxylic acids is 1. The van der Waals surface area contributed by atoms with Crippen LogP contribution in [0.25, 0.3) is 11.1 Å². The molecule has 1 aromatic heterocycles. The van der Waals surface area contributed by atoms with Gasteiger partial charge in [-0.05, 0) is 69.0 Å². The second-order valence-electron chi connectivity index (χ2n) is 8.46. The summed E-state index contributed by atoms with van der Waals surface area (Å²) in [4.78, 5) is 13.9. The van der Waals surface area contributed by atoms with Crippen LogP contribution in [0.1, 0.15) is 45.2 Å². The lowest BCUT2D eigenvalue weighted by molar-refractivity contribution is -0.126. The van der Waals surface area contributed by atoms with E-state index in [9.17, 15) is 22.4 Å². The molecule has 0 atom stereocenters. The molecule has 0 fully saturated rings. The molecule has 37 heavy (non-hydrogen) atoms. The van der Waals surface area contributed by atoms with Gasteiger partial charge in [-0.25, -0.2) is 4.39 Å². The molecule has 0 saturated heterocycles. The van der Waals surface area contributed by atoms with E-state index in [2.05, 4.69) is 6.58 Å². The minimum atomic E-state index is -4.40. The number of amides is 1. The topological polar surface area (TPSA) is 33.5 Å². The molecule has 1 aliphatic rings. The maximum atomic E-state index is 13.7. The number of allylic oxidation sites excluding steroid dienone is 6. The van der Waals surface area contributed by atoms with Crippen LogP contribution in [0.15, 0.2) is 93.8 Å². The second-order valence-corrected chi connectivity index (χ2v) is 9.03. The van der Waals surface area contributed by atoms with Crippen LogP contribution in [0, 0.1) is 5.82 Å². The molecule has 0 bridgehead atoms. The van der Waals surface area contributed by atoms with Crippen LogP contribution in [0.4, 0.5) is 17.6 Å². The van der Waals surface area contributed by atoms with Gasteiger partial charge < -0.3 is 9.32 Å². The van der Waals surface area contributed by atoms with E-state index in [1.54, 1.807) is 49.9 Å². The third kappa shape index (κ3) is 8.35. The molecule has 1 amide bonds. The summed E-state index contributed by atoms with van der Waals surface area (Å²) < 4.78 is 56.8. The minimum absolute atomic E-state index is 0.0136. The zero-order valence-electron chi connectivity index (χ0n) is 21.3. The molecule has 3 rings (SSSR count). The Balaban J connectivity index is 0.000000264. The monoisotopic (exact) mass is 535 g/mol. The van der Waals surface area contributed by atoms with Crippen molar-refractivity contribution in [2.24, 2.45) is 0 Å². The Kier molecular flexibility index (Phi) is 10.7. The van der Waals surface area contributed by atoms with Crippen molar-refractivity contribution in [3.63, 3.8) is 0 Å². The van der Waals surface area contributed by atoms with Crippen molar-refractivity contribution in [3.05, 3.63) is 106 Å². The molecular weight excluding hydrogens is 506 g/mol. The van der Waals surface area contributed by atoms with Crippen LogP contribution in [-0.4, -0.2) is 30.1 Å². The molecule has 0 saturated carbocycles. The maximum Gasteiger partial charge on any atom is 0.416 e. The first-order valence-electron chi connectivity index (χ1n) is 11.6. The van der Waals surface area contributed by atoms with E-state index < -0.39 is 11.7 Å². The number of hydrogen-bond donors (Lipinski definition) is 0. The maximum absolute atomic E-state index is 13.7. The van der Waals surface area contributed by atoms with Gasteiger partial charge in [0.05, 0.1) is 18.1 Å². The first kappa shape index (κ1) is 29.9. The number of rotatable bonds is 5. The zero-order chi connectivity index (χ0) is 27.8. The van der Waals surface area contributed by atoms with Gasteiger partial charge in [-0.1, -0.05) is 48.5 Å². The molecule has 1 aliphatic heterocycles. The van der Waals surface area contributed by atoms with Crippen LogP contribution < -0.4 is 0 Å². The van der Waals surface area contributed by atoms with Crippen LogP contribution in [0.5, 0.6) is 0 Å². The van der Waals surface area contributed by atoms with E-state index in [-0.39, 0.29) is 17.3 Å². The van der Waals surface area contributed by atoms with Crippen molar-refractivity contribution < 1.29 is 26.8 Å². The van der Waals surface area contributed by atoms with Crippen molar-refractivity contribution in [1.29, 1.82) is 0 Å². The van der Waals surface area contributed by atoms with Crippen LogP contribution in [0.2, 0.25) is 0 Å². The first-order valence-corrected chi connectivity index (χ1v) is 11.9. The highest BCUT2D eigenvalue weighted by Gasteiger charge is 2.34. The smallest absolute Gasteiger partial charge is 0.416 e. The highest BCUT2D eigenvalue weighted by Crippen LogP contribution is 2.33. The number of halogens is 5. The number of carbonyl (C=O) groups is 1. The van der Waals surface area contributed by atoms with Crippen molar-refractivity contribution >= 4 is 28.7 Å². The van der Waals surface area contributed by atoms with Gasteiger partial charge in [0, 0.05) is 34.8 Å². The van der Waals surface area contributed by atoms with E-state index >= 15 is 0 Å². The van der Waals surface area contributed by atoms with Crippen LogP contribution in [0.3, 0.4) is 0 Å². The molecule has 198 valence electrons. The van der Waals surface area contributed by atoms with Gasteiger partial charge in [0.2, 0.25) is 0 Å². The quantitative estimate of drug-likeness (QED) is 0.218. The van der Waals surface area contributed by atoms with Crippen molar-refractivity contribution in [1.82, 2.24) is 4.90 Å². The van der Waals surface area contributed by atoms with E-state index in [0.717, 1.165) is 11.6 Å². The van der Waals surface area contributed by atoms with Crippen molar-refractivity contribution in [2.45, 2.75) is 40.3 Å². The summed E-state index contributed by atoms with van der Waals surface area (Å²) in [6, 6.07) is 8.33. The van der Waals surface area contributed by atoms with Crippen molar-refractivity contribution in [2.75, 3.05) is 13.1 Å². The zero-order valence-corrected chi connectivity index (χ0v) is 22.0. The average Bonchev–Trinajstić information content (AvgIpc) is 3.38. The highest BCUT2D eigenvalue weighted by molar-refractivity contribution is 6.31. The summed E-state index contributed by atoms with van der Waals surface area (Å²) in [6.45, 7) is 10.9. The third-order valence-electron chi connectivity index (χ3n) is 5.78. The van der Waals surface area contributed by atoms with E-state index in [1.165, 1.54) is 25.5 Å². The Morgan fingerprint density at radius 3 is 2.30 bits per heavy atom. The van der Waals surface area contributed by atoms with Gasteiger partial charge in [-0.3, -0.25) is 4.79 Å². The summed E-state index contributed by atoms with van der Waals surface area (Å²) in [5.41, 5.74) is 2.46. The van der Waals surface area contributed by atoms with Crippen LogP contribution >= 0.6 is 11.6 Å². The largest absolute Gasteiger partial charge is 0.472 e. The minimum Gasteiger partial charge on any atom is -0.472 e. The molecule has 0 aliphatic carbocycles. The van der Waals surface area contributed by atoms with Gasteiger partial charge in [0.15, 0.2) is 0 Å². The Morgan fingerprint density at radius 1 is 1.16 bits per heavy atom. The molecular formula is C29H30ClF4NO2. The number of benzene rings is 1. The molecule has 2 heterocycles. The van der Waals surface area contributed by atoms with Gasteiger partial charge in [0.25, 0.3) is 5.91 Å².